The van der Waals surface area contributed by atoms with E-state index in [0.29, 0.717) is 12.4 Å². The van der Waals surface area contributed by atoms with Crippen LogP contribution in [0.3, 0.4) is 0 Å². The van der Waals surface area contributed by atoms with E-state index in [-0.39, 0.29) is 19.0 Å². The summed E-state index contributed by atoms with van der Waals surface area (Å²) in [5, 5.41) is 0. The van der Waals surface area contributed by atoms with E-state index < -0.39 is 5.92 Å². The summed E-state index contributed by atoms with van der Waals surface area (Å²) >= 11 is 0. The second kappa shape index (κ2) is 3.62. The van der Waals surface area contributed by atoms with Crippen molar-refractivity contribution >= 4 is 0 Å². The smallest absolute Gasteiger partial charge is 0.262 e. The van der Waals surface area contributed by atoms with Crippen LogP contribution in [0.2, 0.25) is 0 Å². The number of allylic oxidation sites excluding steroid dienone is 1. The molecule has 1 rings (SSSR count). The number of halogens is 2. The molecule has 0 radical (unpaired) electrons. The molecule has 13 heavy (non-hydrogen) atoms. The Hall–Kier alpha value is -0.640. The van der Waals surface area contributed by atoms with Crippen LogP contribution < -0.4 is 0 Å². The summed E-state index contributed by atoms with van der Waals surface area (Å²) in [4.78, 5) is 1.63. The molecule has 1 aliphatic rings. The zero-order valence-corrected chi connectivity index (χ0v) is 8.02. The van der Waals surface area contributed by atoms with E-state index in [4.69, 9.17) is 4.74 Å². The Bertz CT molecular complexity index is 206. The Morgan fingerprint density at radius 3 is 2.69 bits per heavy atom. The van der Waals surface area contributed by atoms with Gasteiger partial charge in [0.25, 0.3) is 5.92 Å². The van der Waals surface area contributed by atoms with Crippen molar-refractivity contribution in [2.45, 2.75) is 25.3 Å². The summed E-state index contributed by atoms with van der Waals surface area (Å²) in [6.07, 6.45) is -0.114. The number of likely N-dealkylation sites (tertiary alicyclic amines) is 1. The van der Waals surface area contributed by atoms with Crippen molar-refractivity contribution in [3.8, 4) is 0 Å². The molecular weight excluding hydrogens is 176 g/mol. The van der Waals surface area contributed by atoms with Gasteiger partial charge in [0.15, 0.2) is 0 Å². The van der Waals surface area contributed by atoms with Crippen LogP contribution in [0.1, 0.15) is 13.3 Å². The van der Waals surface area contributed by atoms with Crippen molar-refractivity contribution in [3.05, 3.63) is 12.3 Å². The Labute approximate surface area is 77.2 Å². The van der Waals surface area contributed by atoms with E-state index >= 15 is 0 Å². The molecule has 1 unspecified atom stereocenters. The molecule has 1 heterocycles. The molecule has 0 aromatic rings. The topological polar surface area (TPSA) is 12.5 Å². The van der Waals surface area contributed by atoms with E-state index in [9.17, 15) is 8.78 Å². The summed E-state index contributed by atoms with van der Waals surface area (Å²) < 4.78 is 30.8. The van der Waals surface area contributed by atoms with E-state index in [1.807, 2.05) is 0 Å². The Balaban J connectivity index is 2.39. The van der Waals surface area contributed by atoms with Crippen LogP contribution in [0.25, 0.3) is 0 Å². The normalized spacial score (nSPS) is 27.5. The Kier molecular flexibility index (Phi) is 2.91. The summed E-state index contributed by atoms with van der Waals surface area (Å²) in [6.45, 7) is 5.40. The summed E-state index contributed by atoms with van der Waals surface area (Å²) in [6, 6.07) is -0.188. The van der Waals surface area contributed by atoms with Crippen LogP contribution in [0.15, 0.2) is 12.3 Å². The van der Waals surface area contributed by atoms with Gasteiger partial charge in [-0.1, -0.05) is 6.58 Å². The predicted molar refractivity (Wildman–Crippen MR) is 46.7 cm³/mol. The van der Waals surface area contributed by atoms with Crippen molar-refractivity contribution in [2.24, 2.45) is 0 Å². The largest absolute Gasteiger partial charge is 0.497 e. The molecule has 0 N–H and O–H groups in total. The quantitative estimate of drug-likeness (QED) is 0.631. The Morgan fingerprint density at radius 1 is 1.69 bits per heavy atom. The number of nitrogens with zero attached hydrogens (tertiary/aromatic N) is 1. The van der Waals surface area contributed by atoms with Crippen molar-refractivity contribution in [1.29, 1.82) is 0 Å². The molecule has 0 spiro atoms. The minimum Gasteiger partial charge on any atom is -0.497 e. The van der Waals surface area contributed by atoms with E-state index in [0.717, 1.165) is 0 Å². The van der Waals surface area contributed by atoms with Crippen LogP contribution in [0, 0.1) is 0 Å². The molecule has 76 valence electrons. The summed E-state index contributed by atoms with van der Waals surface area (Å²) in [7, 11) is 1.69. The zero-order chi connectivity index (χ0) is 10.1. The summed E-state index contributed by atoms with van der Waals surface area (Å²) in [5.41, 5.74) is 0. The van der Waals surface area contributed by atoms with E-state index in [2.05, 4.69) is 6.58 Å². The van der Waals surface area contributed by atoms with Gasteiger partial charge in [0.2, 0.25) is 0 Å². The molecule has 0 aromatic heterocycles. The van der Waals surface area contributed by atoms with Gasteiger partial charge in [0, 0.05) is 12.5 Å². The maximum Gasteiger partial charge on any atom is 0.262 e. The van der Waals surface area contributed by atoms with Gasteiger partial charge < -0.3 is 4.74 Å². The maximum absolute atomic E-state index is 12.8. The average Bonchev–Trinajstić information content (AvgIpc) is 2.20. The van der Waals surface area contributed by atoms with Gasteiger partial charge >= 0.3 is 0 Å². The van der Waals surface area contributed by atoms with Gasteiger partial charge in [-0.2, -0.15) is 0 Å². The summed E-state index contributed by atoms with van der Waals surface area (Å²) in [5.74, 6) is -1.98. The first-order valence-electron chi connectivity index (χ1n) is 4.27. The lowest BCUT2D eigenvalue weighted by atomic mass is 10.2. The fourth-order valence-corrected chi connectivity index (χ4v) is 1.48. The second-order valence-corrected chi connectivity index (χ2v) is 3.64. The standard InChI is InChI=1S/C9H15F2NO/c1-7(2)13-5-8-4-9(10,11)6-12(8)3/h8H,1,4-6H2,2-3H3. The van der Waals surface area contributed by atoms with Crippen molar-refractivity contribution < 1.29 is 13.5 Å². The van der Waals surface area contributed by atoms with Crippen molar-refractivity contribution in [1.82, 2.24) is 4.90 Å². The zero-order valence-electron chi connectivity index (χ0n) is 8.02. The molecule has 0 amide bonds. The number of rotatable bonds is 3. The Morgan fingerprint density at radius 2 is 2.31 bits per heavy atom. The molecular formula is C9H15F2NO. The molecule has 2 nitrogen and oxygen atoms in total. The first kappa shape index (κ1) is 10.4. The van der Waals surface area contributed by atoms with Crippen LogP contribution in [-0.2, 0) is 4.74 Å². The lowest BCUT2D eigenvalue weighted by molar-refractivity contribution is 0.0134. The lowest BCUT2D eigenvalue weighted by Crippen LogP contribution is -2.29. The lowest BCUT2D eigenvalue weighted by Gasteiger charge is -2.18. The van der Waals surface area contributed by atoms with E-state index in [1.54, 1.807) is 18.9 Å². The third kappa shape index (κ3) is 2.95. The first-order chi connectivity index (χ1) is 5.91. The first-order valence-corrected chi connectivity index (χ1v) is 4.27. The fourth-order valence-electron chi connectivity index (χ4n) is 1.48. The highest BCUT2D eigenvalue weighted by molar-refractivity contribution is 4.89. The number of alkyl halides is 2. The molecule has 1 saturated heterocycles. The monoisotopic (exact) mass is 191 g/mol. The molecule has 1 fully saturated rings. The third-order valence-electron chi connectivity index (χ3n) is 2.16. The molecule has 1 aliphatic heterocycles. The number of likely N-dealkylation sites (N-methyl/N-ethyl adjacent to an activating group) is 1. The predicted octanol–water partition coefficient (Wildman–Crippen LogP) is 1.88. The fraction of sp³-hybridized carbons (Fsp3) is 0.778. The molecule has 0 bridgehead atoms. The van der Waals surface area contributed by atoms with Crippen LogP contribution in [0.5, 0.6) is 0 Å². The van der Waals surface area contributed by atoms with Gasteiger partial charge in [-0.05, 0) is 14.0 Å². The van der Waals surface area contributed by atoms with Gasteiger partial charge in [-0.15, -0.1) is 0 Å². The highest BCUT2D eigenvalue weighted by Gasteiger charge is 2.43. The van der Waals surface area contributed by atoms with Crippen molar-refractivity contribution in [2.75, 3.05) is 20.2 Å². The molecule has 4 heteroatoms. The molecule has 0 aromatic carbocycles. The molecule has 0 aliphatic carbocycles. The van der Waals surface area contributed by atoms with Gasteiger partial charge in [0.05, 0.1) is 12.3 Å². The number of hydrogen-bond acceptors (Lipinski definition) is 2. The SMILES string of the molecule is C=C(C)OCC1CC(F)(F)CN1C. The third-order valence-corrected chi connectivity index (χ3v) is 2.16. The minimum absolute atomic E-state index is 0.114. The van der Waals surface area contributed by atoms with Gasteiger partial charge in [0.1, 0.15) is 6.61 Å². The average molecular weight is 191 g/mol. The van der Waals surface area contributed by atoms with Gasteiger partial charge in [-0.25, -0.2) is 8.78 Å². The minimum atomic E-state index is -2.56. The molecule has 1 atom stereocenters. The highest BCUT2D eigenvalue weighted by atomic mass is 19.3. The van der Waals surface area contributed by atoms with E-state index in [1.165, 1.54) is 0 Å². The second-order valence-electron chi connectivity index (χ2n) is 3.64. The van der Waals surface area contributed by atoms with Crippen LogP contribution in [-0.4, -0.2) is 37.1 Å². The number of ether oxygens (including phenoxy) is 1. The maximum atomic E-state index is 12.8. The van der Waals surface area contributed by atoms with Crippen LogP contribution >= 0.6 is 0 Å². The highest BCUT2D eigenvalue weighted by Crippen LogP contribution is 2.30. The van der Waals surface area contributed by atoms with Gasteiger partial charge in [-0.3, -0.25) is 4.90 Å². The molecule has 0 saturated carbocycles. The van der Waals surface area contributed by atoms with Crippen LogP contribution in [0.4, 0.5) is 8.78 Å². The van der Waals surface area contributed by atoms with Crippen molar-refractivity contribution in [3.63, 3.8) is 0 Å². The number of hydrogen-bond donors (Lipinski definition) is 0.